The summed E-state index contributed by atoms with van der Waals surface area (Å²) in [7, 11) is 0. The number of alkyl halides is 3. The van der Waals surface area contributed by atoms with Gasteiger partial charge in [-0.05, 0) is 67.8 Å². The Morgan fingerprint density at radius 1 is 1.10 bits per heavy atom. The van der Waals surface area contributed by atoms with Gasteiger partial charge in [-0.3, -0.25) is 4.79 Å². The Bertz CT molecular complexity index is 1040. The molecular formula is C22H21F3N2O2S. The third-order valence-corrected chi connectivity index (χ3v) is 5.82. The van der Waals surface area contributed by atoms with Gasteiger partial charge in [-0.25, -0.2) is 4.68 Å². The van der Waals surface area contributed by atoms with Crippen LogP contribution in [0.4, 0.5) is 13.2 Å². The molecule has 0 saturated carbocycles. The molecule has 1 N–H and O–H groups in total. The van der Waals surface area contributed by atoms with Gasteiger partial charge in [0.25, 0.3) is 0 Å². The molecule has 30 heavy (non-hydrogen) atoms. The summed E-state index contributed by atoms with van der Waals surface area (Å²) < 4.78 is 39.8. The molecule has 158 valence electrons. The van der Waals surface area contributed by atoms with Crippen molar-refractivity contribution in [1.82, 2.24) is 9.78 Å². The lowest BCUT2D eigenvalue weighted by Crippen LogP contribution is -2.05. The zero-order valence-corrected chi connectivity index (χ0v) is 17.3. The molecule has 0 radical (unpaired) electrons. The summed E-state index contributed by atoms with van der Waals surface area (Å²) in [6.45, 7) is 3.84. The molecule has 3 aromatic rings. The number of benzene rings is 2. The normalized spacial score (nSPS) is 11.6. The van der Waals surface area contributed by atoms with Gasteiger partial charge in [0.05, 0.1) is 16.9 Å². The van der Waals surface area contributed by atoms with Crippen molar-refractivity contribution in [2.24, 2.45) is 0 Å². The maximum Gasteiger partial charge on any atom is 0.416 e. The van der Waals surface area contributed by atoms with Crippen molar-refractivity contribution < 1.29 is 23.1 Å². The lowest BCUT2D eigenvalue weighted by atomic mass is 10.0. The van der Waals surface area contributed by atoms with E-state index in [2.05, 4.69) is 5.10 Å². The maximum atomic E-state index is 12.7. The van der Waals surface area contributed by atoms with Crippen molar-refractivity contribution in [3.8, 4) is 5.69 Å². The summed E-state index contributed by atoms with van der Waals surface area (Å²) in [6, 6.07) is 10.9. The lowest BCUT2D eigenvalue weighted by Gasteiger charge is -2.08. The van der Waals surface area contributed by atoms with Crippen LogP contribution in [0.25, 0.3) is 5.69 Å². The fraction of sp³-hybridized carbons (Fsp3) is 0.273. The van der Waals surface area contributed by atoms with E-state index in [1.165, 1.54) is 12.1 Å². The summed E-state index contributed by atoms with van der Waals surface area (Å²) in [5.41, 5.74) is 3.77. The Hall–Kier alpha value is -2.74. The molecule has 2 aromatic carbocycles. The SMILES string of the molecule is Cc1cc(SCc2cn(-c3ccc(C(F)(F)F)cc3)nc2C)ccc1CCC(=O)O. The fourth-order valence-electron chi connectivity index (χ4n) is 3.01. The number of carboxylic acid groups (broad SMARTS) is 1. The number of thioether (sulfide) groups is 1. The minimum atomic E-state index is -4.36. The predicted molar refractivity (Wildman–Crippen MR) is 110 cm³/mol. The van der Waals surface area contributed by atoms with Gasteiger partial charge < -0.3 is 5.11 Å². The molecular weight excluding hydrogens is 413 g/mol. The molecule has 0 bridgehead atoms. The molecule has 0 spiro atoms. The number of aromatic nitrogens is 2. The highest BCUT2D eigenvalue weighted by Crippen LogP contribution is 2.30. The van der Waals surface area contributed by atoms with E-state index in [1.807, 2.05) is 38.2 Å². The van der Waals surface area contributed by atoms with E-state index < -0.39 is 17.7 Å². The molecule has 3 rings (SSSR count). The molecule has 4 nitrogen and oxygen atoms in total. The summed E-state index contributed by atoms with van der Waals surface area (Å²) in [4.78, 5) is 11.8. The van der Waals surface area contributed by atoms with Crippen molar-refractivity contribution in [2.75, 3.05) is 0 Å². The molecule has 0 fully saturated rings. The molecule has 0 atom stereocenters. The van der Waals surface area contributed by atoms with E-state index in [9.17, 15) is 18.0 Å². The monoisotopic (exact) mass is 434 g/mol. The number of rotatable bonds is 7. The second kappa shape index (κ2) is 8.95. The van der Waals surface area contributed by atoms with Gasteiger partial charge in [0, 0.05) is 28.8 Å². The van der Waals surface area contributed by atoms with Crippen molar-refractivity contribution in [3.05, 3.63) is 76.6 Å². The lowest BCUT2D eigenvalue weighted by molar-refractivity contribution is -0.138. The highest BCUT2D eigenvalue weighted by Gasteiger charge is 2.30. The number of aryl methyl sites for hydroxylation is 3. The second-order valence-corrected chi connectivity index (χ2v) is 8.05. The number of carbonyl (C=O) groups is 1. The van der Waals surface area contributed by atoms with Crippen molar-refractivity contribution in [3.63, 3.8) is 0 Å². The van der Waals surface area contributed by atoms with Crippen LogP contribution in [0.3, 0.4) is 0 Å². The first-order chi connectivity index (χ1) is 14.1. The Kier molecular flexibility index (Phi) is 6.55. The van der Waals surface area contributed by atoms with Crippen LogP contribution in [-0.2, 0) is 23.1 Å². The van der Waals surface area contributed by atoms with Crippen LogP contribution in [-0.4, -0.2) is 20.9 Å². The molecule has 0 unspecified atom stereocenters. The first-order valence-corrected chi connectivity index (χ1v) is 10.3. The van der Waals surface area contributed by atoms with E-state index in [1.54, 1.807) is 16.4 Å². The number of hydrogen-bond donors (Lipinski definition) is 1. The maximum absolute atomic E-state index is 12.7. The van der Waals surface area contributed by atoms with Gasteiger partial charge in [-0.15, -0.1) is 11.8 Å². The van der Waals surface area contributed by atoms with Crippen LogP contribution < -0.4 is 0 Å². The average molecular weight is 434 g/mol. The molecule has 0 saturated heterocycles. The van der Waals surface area contributed by atoms with Gasteiger partial charge in [-0.2, -0.15) is 18.3 Å². The van der Waals surface area contributed by atoms with Gasteiger partial charge in [0.2, 0.25) is 0 Å². The zero-order chi connectivity index (χ0) is 21.9. The van der Waals surface area contributed by atoms with Crippen LogP contribution in [0.5, 0.6) is 0 Å². The van der Waals surface area contributed by atoms with Gasteiger partial charge in [0.15, 0.2) is 0 Å². The number of carboxylic acids is 1. The van der Waals surface area contributed by atoms with Crippen molar-refractivity contribution in [2.45, 2.75) is 43.5 Å². The van der Waals surface area contributed by atoms with Crippen LogP contribution in [0.1, 0.15) is 34.4 Å². The molecule has 0 aliphatic heterocycles. The number of halogens is 3. The minimum absolute atomic E-state index is 0.107. The quantitative estimate of drug-likeness (QED) is 0.476. The van der Waals surface area contributed by atoms with Gasteiger partial charge >= 0.3 is 12.1 Å². The topological polar surface area (TPSA) is 55.1 Å². The third-order valence-electron chi connectivity index (χ3n) is 4.78. The van der Waals surface area contributed by atoms with Crippen LogP contribution in [0.15, 0.2) is 53.6 Å². The molecule has 1 heterocycles. The van der Waals surface area contributed by atoms with E-state index in [0.29, 0.717) is 17.9 Å². The van der Waals surface area contributed by atoms with Gasteiger partial charge in [0.1, 0.15) is 0 Å². The summed E-state index contributed by atoms with van der Waals surface area (Å²) in [5.74, 6) is -0.145. The van der Waals surface area contributed by atoms with Crippen LogP contribution in [0, 0.1) is 13.8 Å². The molecule has 0 aliphatic rings. The first-order valence-electron chi connectivity index (χ1n) is 9.30. The van der Waals surface area contributed by atoms with Crippen molar-refractivity contribution >= 4 is 17.7 Å². The molecule has 1 aromatic heterocycles. The number of aliphatic carboxylic acids is 1. The van der Waals surface area contributed by atoms with Gasteiger partial charge in [-0.1, -0.05) is 6.07 Å². The second-order valence-electron chi connectivity index (χ2n) is 7.00. The van der Waals surface area contributed by atoms with E-state index in [-0.39, 0.29) is 6.42 Å². The van der Waals surface area contributed by atoms with E-state index in [0.717, 1.165) is 39.4 Å². The molecule has 0 amide bonds. The smallest absolute Gasteiger partial charge is 0.416 e. The van der Waals surface area contributed by atoms with Crippen LogP contribution in [0.2, 0.25) is 0 Å². The number of nitrogens with zero attached hydrogens (tertiary/aromatic N) is 2. The minimum Gasteiger partial charge on any atom is -0.481 e. The highest BCUT2D eigenvalue weighted by molar-refractivity contribution is 7.98. The largest absolute Gasteiger partial charge is 0.481 e. The average Bonchev–Trinajstić information content (AvgIpc) is 3.05. The molecule has 8 heteroatoms. The number of hydrogen-bond acceptors (Lipinski definition) is 3. The summed E-state index contributed by atoms with van der Waals surface area (Å²) in [6.07, 6.45) is -1.92. The van der Waals surface area contributed by atoms with E-state index >= 15 is 0 Å². The summed E-state index contributed by atoms with van der Waals surface area (Å²) in [5, 5.41) is 13.3. The van der Waals surface area contributed by atoms with E-state index in [4.69, 9.17) is 5.11 Å². The zero-order valence-electron chi connectivity index (χ0n) is 16.5. The Morgan fingerprint density at radius 3 is 2.40 bits per heavy atom. The standard InChI is InChI=1S/C22H21F3N2O2S/c1-14-11-20(9-3-16(14)4-10-21(28)29)30-13-17-12-27(26-15(17)2)19-7-5-18(6-8-19)22(23,24)25/h3,5-9,11-12H,4,10,13H2,1-2H3,(H,28,29). The first kappa shape index (κ1) is 22.0. The fourth-order valence-corrected chi connectivity index (χ4v) is 4.04. The Labute approximate surface area is 176 Å². The predicted octanol–water partition coefficient (Wildman–Crippen LogP) is 5.82. The summed E-state index contributed by atoms with van der Waals surface area (Å²) >= 11 is 1.63. The Balaban J connectivity index is 1.68. The van der Waals surface area contributed by atoms with Crippen LogP contribution >= 0.6 is 11.8 Å². The third kappa shape index (κ3) is 5.44. The highest BCUT2D eigenvalue weighted by atomic mass is 32.2. The Morgan fingerprint density at radius 2 is 1.80 bits per heavy atom. The molecule has 0 aliphatic carbocycles. The van der Waals surface area contributed by atoms with Crippen molar-refractivity contribution in [1.29, 1.82) is 0 Å².